The third-order valence-electron chi connectivity index (χ3n) is 1.66. The fourth-order valence-electron chi connectivity index (χ4n) is 0.963. The van der Waals surface area contributed by atoms with E-state index in [1.54, 1.807) is 0 Å². The summed E-state index contributed by atoms with van der Waals surface area (Å²) in [7, 11) is 1.23. The lowest BCUT2D eigenvalue weighted by Gasteiger charge is -2.06. The van der Waals surface area contributed by atoms with E-state index in [1.165, 1.54) is 7.11 Å². The summed E-state index contributed by atoms with van der Waals surface area (Å²) in [6, 6.07) is 3.00. The van der Waals surface area contributed by atoms with Crippen molar-refractivity contribution in [3.8, 4) is 0 Å². The van der Waals surface area contributed by atoms with Crippen LogP contribution >= 0.6 is 0 Å². The van der Waals surface area contributed by atoms with Gasteiger partial charge in [0.05, 0.1) is 0 Å². The number of ether oxygens (including phenoxy) is 1. The van der Waals surface area contributed by atoms with Gasteiger partial charge in [0.15, 0.2) is 6.29 Å². The molecule has 0 aromatic heterocycles. The van der Waals surface area contributed by atoms with E-state index in [-0.39, 0.29) is 12.0 Å². The Kier molecular flexibility index (Phi) is 3.33. The van der Waals surface area contributed by atoms with Gasteiger partial charge in [0.1, 0.15) is 11.6 Å². The van der Waals surface area contributed by atoms with E-state index < -0.39 is 17.9 Å². The fraction of sp³-hybridized carbons (Fsp3) is 0.333. The summed E-state index contributed by atoms with van der Waals surface area (Å²) in [5.74, 6) is -1.14. The molecule has 0 spiro atoms. The van der Waals surface area contributed by atoms with Crippen LogP contribution in [0.2, 0.25) is 0 Å². The molecule has 0 bridgehead atoms. The Morgan fingerprint density at radius 2 is 2.15 bits per heavy atom. The van der Waals surface area contributed by atoms with E-state index in [2.05, 4.69) is 4.74 Å². The second-order valence-corrected chi connectivity index (χ2v) is 2.61. The van der Waals surface area contributed by atoms with Crippen molar-refractivity contribution in [3.05, 3.63) is 35.4 Å². The van der Waals surface area contributed by atoms with Crippen molar-refractivity contribution in [2.45, 2.75) is 12.7 Å². The minimum atomic E-state index is -1.35. The minimum absolute atomic E-state index is 0.0434. The molecule has 0 fully saturated rings. The molecule has 0 aliphatic heterocycles. The Bertz CT molecular complexity index is 289. The zero-order valence-electron chi connectivity index (χ0n) is 7.09. The van der Waals surface area contributed by atoms with Gasteiger partial charge in [-0.05, 0) is 23.8 Å². The van der Waals surface area contributed by atoms with Crippen LogP contribution in [-0.4, -0.2) is 13.4 Å². The molecule has 0 N–H and O–H groups in total. The van der Waals surface area contributed by atoms with E-state index in [0.717, 1.165) is 18.2 Å². The van der Waals surface area contributed by atoms with Crippen LogP contribution in [0.25, 0.3) is 0 Å². The molecule has 71 valence electrons. The van der Waals surface area contributed by atoms with Crippen molar-refractivity contribution < 1.29 is 18.6 Å². The lowest BCUT2D eigenvalue weighted by atomic mass is 10.1. The van der Waals surface area contributed by atoms with Crippen LogP contribution in [0, 0.1) is 11.6 Å². The zero-order valence-corrected chi connectivity index (χ0v) is 7.09. The monoisotopic (exact) mass is 187 g/mol. The van der Waals surface area contributed by atoms with Crippen molar-refractivity contribution in [3.63, 3.8) is 0 Å². The van der Waals surface area contributed by atoms with E-state index in [4.69, 9.17) is 0 Å². The normalized spacial score (nSPS) is 12.9. The topological polar surface area (TPSA) is 29.1 Å². The van der Waals surface area contributed by atoms with Gasteiger partial charge in [0, 0.05) is 13.5 Å². The number of methoxy groups -OCH3 is 1. The van der Waals surface area contributed by atoms with Gasteiger partial charge in [0.25, 0.3) is 0 Å². The van der Waals surface area contributed by atoms with Gasteiger partial charge in [-0.15, -0.1) is 0 Å². The molecule has 1 rings (SSSR count). The van der Waals surface area contributed by atoms with Crippen molar-refractivity contribution in [2.75, 3.05) is 7.11 Å². The highest BCUT2D eigenvalue weighted by molar-refractivity contribution is 5.19. The van der Waals surface area contributed by atoms with E-state index in [1.807, 2.05) is 0 Å². The molecule has 13 heavy (non-hydrogen) atoms. The minimum Gasteiger partial charge on any atom is -0.353 e. The molecule has 1 aromatic carbocycles. The average molecular weight is 187 g/mol. The molecule has 1 unspecified atom stereocenters. The van der Waals surface area contributed by atoms with Crippen LogP contribution in [0.4, 0.5) is 8.78 Å². The Balaban J connectivity index is 2.81. The molecule has 1 aromatic rings. The third kappa shape index (κ3) is 2.75. The fourth-order valence-corrected chi connectivity index (χ4v) is 0.963. The maximum atomic E-state index is 12.9. The maximum Gasteiger partial charge on any atom is 0.195 e. The van der Waals surface area contributed by atoms with Crippen LogP contribution in [-0.2, 0) is 16.3 Å². The predicted molar refractivity (Wildman–Crippen MR) is 41.5 cm³/mol. The summed E-state index contributed by atoms with van der Waals surface area (Å²) >= 11 is 0. The maximum absolute atomic E-state index is 12.9. The molecule has 0 saturated carbocycles. The molecule has 4 heteroatoms. The van der Waals surface area contributed by atoms with Gasteiger partial charge in [-0.2, -0.15) is 0 Å². The third-order valence-corrected chi connectivity index (χ3v) is 1.66. The molecule has 1 radical (unpaired) electrons. The van der Waals surface area contributed by atoms with Crippen molar-refractivity contribution in [2.24, 2.45) is 0 Å². The summed E-state index contributed by atoms with van der Waals surface area (Å²) in [6.07, 6.45) is -1.52. The highest BCUT2D eigenvalue weighted by Crippen LogP contribution is 2.12. The van der Waals surface area contributed by atoms with Gasteiger partial charge in [-0.25, -0.2) is 13.9 Å². The highest BCUT2D eigenvalue weighted by atomic mass is 19.1. The predicted octanol–water partition coefficient (Wildman–Crippen LogP) is 1.91. The molecule has 0 heterocycles. The summed E-state index contributed by atoms with van der Waals surface area (Å²) in [5.41, 5.74) is 0.0434. The summed E-state index contributed by atoms with van der Waals surface area (Å²) in [6.45, 7) is 0. The first-order valence-corrected chi connectivity index (χ1v) is 3.76. The zero-order chi connectivity index (χ0) is 9.84. The standard InChI is InChI=1S/C9H9F2O2/c1-13-9(12)5-6-4-7(10)2-3-8(6)11/h2-4,9H,5H2,1H3. The molecular formula is C9H9F2O2. The van der Waals surface area contributed by atoms with E-state index in [0.29, 0.717) is 0 Å². The SMILES string of the molecule is COC([O])Cc1cc(F)ccc1F. The number of benzene rings is 1. The number of hydrogen-bond donors (Lipinski definition) is 0. The van der Waals surface area contributed by atoms with Crippen LogP contribution in [0.3, 0.4) is 0 Å². The number of halogens is 2. The van der Waals surface area contributed by atoms with Crippen molar-refractivity contribution in [1.82, 2.24) is 0 Å². The first kappa shape index (κ1) is 10.1. The van der Waals surface area contributed by atoms with E-state index in [9.17, 15) is 13.9 Å². The Morgan fingerprint density at radius 1 is 1.46 bits per heavy atom. The Morgan fingerprint density at radius 3 is 2.77 bits per heavy atom. The molecule has 1 atom stereocenters. The first-order chi connectivity index (χ1) is 6.13. The lowest BCUT2D eigenvalue weighted by Crippen LogP contribution is -2.11. The van der Waals surface area contributed by atoms with Crippen LogP contribution in [0.5, 0.6) is 0 Å². The quantitative estimate of drug-likeness (QED) is 0.664. The number of rotatable bonds is 3. The smallest absolute Gasteiger partial charge is 0.195 e. The van der Waals surface area contributed by atoms with Crippen LogP contribution in [0.15, 0.2) is 18.2 Å². The largest absolute Gasteiger partial charge is 0.353 e. The van der Waals surface area contributed by atoms with Gasteiger partial charge < -0.3 is 4.74 Å². The lowest BCUT2D eigenvalue weighted by molar-refractivity contribution is -0.117. The van der Waals surface area contributed by atoms with Crippen molar-refractivity contribution >= 4 is 0 Å². The average Bonchev–Trinajstić information content (AvgIpc) is 2.11. The van der Waals surface area contributed by atoms with Gasteiger partial charge in [0.2, 0.25) is 0 Å². The van der Waals surface area contributed by atoms with Gasteiger partial charge in [-0.1, -0.05) is 0 Å². The molecule has 0 saturated heterocycles. The Hall–Kier alpha value is -1.00. The van der Waals surface area contributed by atoms with Crippen molar-refractivity contribution in [1.29, 1.82) is 0 Å². The molecular weight excluding hydrogens is 178 g/mol. The van der Waals surface area contributed by atoms with Gasteiger partial charge in [-0.3, -0.25) is 0 Å². The molecule has 2 nitrogen and oxygen atoms in total. The van der Waals surface area contributed by atoms with Crippen LogP contribution < -0.4 is 0 Å². The highest BCUT2D eigenvalue weighted by Gasteiger charge is 2.10. The van der Waals surface area contributed by atoms with Crippen LogP contribution in [0.1, 0.15) is 5.56 Å². The summed E-state index contributed by atoms with van der Waals surface area (Å²) in [4.78, 5) is 0. The first-order valence-electron chi connectivity index (χ1n) is 3.76. The molecule has 0 aliphatic carbocycles. The second kappa shape index (κ2) is 4.30. The van der Waals surface area contributed by atoms with E-state index >= 15 is 0 Å². The number of hydrogen-bond acceptors (Lipinski definition) is 1. The molecule has 0 amide bonds. The van der Waals surface area contributed by atoms with Gasteiger partial charge >= 0.3 is 0 Å². The second-order valence-electron chi connectivity index (χ2n) is 2.61. The summed E-state index contributed by atoms with van der Waals surface area (Å²) in [5, 5.41) is 10.8. The summed E-state index contributed by atoms with van der Waals surface area (Å²) < 4.78 is 29.9. The Labute approximate surface area is 74.8 Å². The molecule has 0 aliphatic rings.